The summed E-state index contributed by atoms with van der Waals surface area (Å²) < 4.78 is 12.0. The fourth-order valence-corrected chi connectivity index (χ4v) is 4.42. The van der Waals surface area contributed by atoms with Crippen molar-refractivity contribution in [3.05, 3.63) is 58.7 Å². The summed E-state index contributed by atoms with van der Waals surface area (Å²) in [4.78, 5) is 28.3. The van der Waals surface area contributed by atoms with Gasteiger partial charge in [-0.25, -0.2) is 0 Å². The summed E-state index contributed by atoms with van der Waals surface area (Å²) in [5, 5.41) is 12.3. The van der Waals surface area contributed by atoms with Crippen LogP contribution in [0.25, 0.3) is 0 Å². The smallest absolute Gasteiger partial charge is 0.307 e. The van der Waals surface area contributed by atoms with Crippen molar-refractivity contribution in [2.75, 3.05) is 40.4 Å². The number of aliphatic carboxylic acids is 1. The maximum Gasteiger partial charge on any atom is 0.307 e. The predicted molar refractivity (Wildman–Crippen MR) is 139 cm³/mol. The quantitative estimate of drug-likeness (QED) is 0.577. The minimum Gasteiger partial charge on any atom is -0.494 e. The second-order valence-corrected chi connectivity index (χ2v) is 9.53. The van der Waals surface area contributed by atoms with Crippen molar-refractivity contribution in [3.63, 3.8) is 0 Å². The second kappa shape index (κ2) is 13.8. The number of nitrogens with one attached hydrogen (secondary N) is 1. The average Bonchev–Trinajstić information content (AvgIpc) is 2.81. The van der Waals surface area contributed by atoms with Crippen LogP contribution < -0.4 is 14.8 Å². The standard InChI is InChI=1S/C28H39N3O5/c1-4-35-25-11-9-22(17-30(2)3)15-24(25)19-31-18-23-14-21(16-28(33)34)8-10-26(23)36-13-7-5-6-12-29-27(32)20-31/h8-11,14-15H,4-7,12-13,16-20H2,1-3H3,(H,29,32)(H,33,34). The summed E-state index contributed by atoms with van der Waals surface area (Å²) in [6, 6.07) is 11.8. The Bertz CT molecular complexity index is 1020. The molecule has 2 N–H and O–H groups in total. The lowest BCUT2D eigenvalue weighted by Crippen LogP contribution is -2.37. The summed E-state index contributed by atoms with van der Waals surface area (Å²) in [5.41, 5.74) is 3.77. The number of benzene rings is 2. The van der Waals surface area contributed by atoms with Crippen LogP contribution in [0.3, 0.4) is 0 Å². The van der Waals surface area contributed by atoms with Crippen LogP contribution in [0.2, 0.25) is 0 Å². The molecule has 8 heteroatoms. The highest BCUT2D eigenvalue weighted by atomic mass is 16.5. The molecule has 0 saturated heterocycles. The molecular weight excluding hydrogens is 458 g/mol. The van der Waals surface area contributed by atoms with Gasteiger partial charge in [-0.05, 0) is 69.6 Å². The van der Waals surface area contributed by atoms with Crippen LogP contribution in [-0.4, -0.2) is 67.2 Å². The Morgan fingerprint density at radius 3 is 2.67 bits per heavy atom. The van der Waals surface area contributed by atoms with E-state index in [2.05, 4.69) is 27.2 Å². The summed E-state index contributed by atoms with van der Waals surface area (Å²) in [6.07, 6.45) is 2.70. The Balaban J connectivity index is 1.95. The molecule has 0 aromatic heterocycles. The molecule has 1 aliphatic rings. The van der Waals surface area contributed by atoms with Gasteiger partial charge in [0.1, 0.15) is 11.5 Å². The monoisotopic (exact) mass is 497 g/mol. The number of carbonyl (C=O) groups is 2. The molecule has 196 valence electrons. The molecule has 0 fully saturated rings. The van der Waals surface area contributed by atoms with Crippen LogP contribution in [0.1, 0.15) is 48.4 Å². The fraction of sp³-hybridized carbons (Fsp3) is 0.500. The van der Waals surface area contributed by atoms with Crippen molar-refractivity contribution in [1.29, 1.82) is 0 Å². The van der Waals surface area contributed by atoms with Crippen molar-refractivity contribution in [2.45, 2.75) is 52.2 Å². The summed E-state index contributed by atoms with van der Waals surface area (Å²) in [7, 11) is 4.07. The molecule has 0 unspecified atom stereocenters. The van der Waals surface area contributed by atoms with Crippen LogP contribution in [-0.2, 0) is 35.6 Å². The first-order valence-corrected chi connectivity index (χ1v) is 12.7. The Morgan fingerprint density at radius 1 is 1.11 bits per heavy atom. The number of fused-ring (bicyclic) bond motifs is 1. The van der Waals surface area contributed by atoms with Crippen molar-refractivity contribution in [1.82, 2.24) is 15.1 Å². The Hall–Kier alpha value is -3.10. The highest BCUT2D eigenvalue weighted by Crippen LogP contribution is 2.27. The van der Waals surface area contributed by atoms with E-state index in [-0.39, 0.29) is 18.9 Å². The van der Waals surface area contributed by atoms with Gasteiger partial charge >= 0.3 is 5.97 Å². The van der Waals surface area contributed by atoms with E-state index in [1.54, 1.807) is 6.07 Å². The molecule has 36 heavy (non-hydrogen) atoms. The molecule has 0 atom stereocenters. The van der Waals surface area contributed by atoms with Gasteiger partial charge < -0.3 is 24.8 Å². The number of ether oxygens (including phenoxy) is 2. The third-order valence-corrected chi connectivity index (χ3v) is 5.96. The lowest BCUT2D eigenvalue weighted by atomic mass is 10.0. The molecule has 0 saturated carbocycles. The molecule has 0 radical (unpaired) electrons. The van der Waals surface area contributed by atoms with E-state index in [0.717, 1.165) is 48.4 Å². The number of carboxylic acids is 1. The van der Waals surface area contributed by atoms with Crippen molar-refractivity contribution in [3.8, 4) is 11.5 Å². The highest BCUT2D eigenvalue weighted by molar-refractivity contribution is 5.78. The van der Waals surface area contributed by atoms with E-state index >= 15 is 0 Å². The lowest BCUT2D eigenvalue weighted by molar-refractivity contribution is -0.136. The molecule has 0 spiro atoms. The first kappa shape index (κ1) is 27.5. The number of carbonyl (C=O) groups excluding carboxylic acids is 1. The maximum atomic E-state index is 12.8. The molecule has 1 aliphatic heterocycles. The van der Waals surface area contributed by atoms with Crippen LogP contribution in [0.4, 0.5) is 0 Å². The molecule has 0 aliphatic carbocycles. The Kier molecular flexibility index (Phi) is 10.6. The van der Waals surface area contributed by atoms with Gasteiger partial charge in [-0.1, -0.05) is 18.2 Å². The lowest BCUT2D eigenvalue weighted by Gasteiger charge is -2.25. The maximum absolute atomic E-state index is 12.8. The number of hydrogen-bond acceptors (Lipinski definition) is 6. The van der Waals surface area contributed by atoms with Gasteiger partial charge in [0.15, 0.2) is 0 Å². The summed E-state index contributed by atoms with van der Waals surface area (Å²) >= 11 is 0. The molecular formula is C28H39N3O5. The first-order chi connectivity index (χ1) is 17.3. The SMILES string of the molecule is CCOc1ccc(CN(C)C)cc1CN1CC(=O)NCCCCCOc2ccc(CC(=O)O)cc2C1. The minimum atomic E-state index is -0.879. The molecule has 0 bridgehead atoms. The molecule has 3 rings (SSSR count). The van der Waals surface area contributed by atoms with Gasteiger partial charge in [-0.2, -0.15) is 0 Å². The first-order valence-electron chi connectivity index (χ1n) is 12.7. The summed E-state index contributed by atoms with van der Waals surface area (Å²) in [5.74, 6) is 0.635. The van der Waals surface area contributed by atoms with Gasteiger partial charge in [0.25, 0.3) is 0 Å². The van der Waals surface area contributed by atoms with Gasteiger partial charge in [0.2, 0.25) is 5.91 Å². The molecule has 1 amide bonds. The summed E-state index contributed by atoms with van der Waals surface area (Å²) in [6.45, 7) is 5.70. The predicted octanol–water partition coefficient (Wildman–Crippen LogP) is 3.46. The molecule has 2 aromatic rings. The number of hydrogen-bond donors (Lipinski definition) is 2. The fourth-order valence-electron chi connectivity index (χ4n) is 4.42. The third-order valence-electron chi connectivity index (χ3n) is 5.96. The Morgan fingerprint density at radius 2 is 1.92 bits per heavy atom. The van der Waals surface area contributed by atoms with E-state index in [0.29, 0.717) is 38.4 Å². The van der Waals surface area contributed by atoms with E-state index in [1.807, 2.05) is 39.2 Å². The number of rotatable bonds is 8. The number of amides is 1. The van der Waals surface area contributed by atoms with Gasteiger partial charge in [-0.15, -0.1) is 0 Å². The Labute approximate surface area is 214 Å². The zero-order valence-electron chi connectivity index (χ0n) is 21.7. The van der Waals surface area contributed by atoms with Crippen LogP contribution >= 0.6 is 0 Å². The number of carboxylic acid groups (broad SMARTS) is 1. The normalized spacial score (nSPS) is 15.6. The zero-order chi connectivity index (χ0) is 25.9. The molecule has 2 aromatic carbocycles. The topological polar surface area (TPSA) is 91.3 Å². The minimum absolute atomic E-state index is 0.0270. The van der Waals surface area contributed by atoms with E-state index < -0.39 is 5.97 Å². The van der Waals surface area contributed by atoms with Crippen LogP contribution in [0.15, 0.2) is 36.4 Å². The highest BCUT2D eigenvalue weighted by Gasteiger charge is 2.19. The zero-order valence-corrected chi connectivity index (χ0v) is 21.7. The van der Waals surface area contributed by atoms with Crippen LogP contribution in [0.5, 0.6) is 11.5 Å². The van der Waals surface area contributed by atoms with Crippen LogP contribution in [0, 0.1) is 0 Å². The van der Waals surface area contributed by atoms with Crippen molar-refractivity contribution >= 4 is 11.9 Å². The molecule has 1 heterocycles. The third kappa shape index (κ3) is 8.84. The van der Waals surface area contributed by atoms with E-state index in [4.69, 9.17) is 9.47 Å². The average molecular weight is 498 g/mol. The van der Waals surface area contributed by atoms with Gasteiger partial charge in [0, 0.05) is 37.3 Å². The van der Waals surface area contributed by atoms with Gasteiger partial charge in [-0.3, -0.25) is 14.5 Å². The van der Waals surface area contributed by atoms with Crippen molar-refractivity contribution < 1.29 is 24.2 Å². The van der Waals surface area contributed by atoms with Gasteiger partial charge in [0.05, 0.1) is 26.2 Å². The van der Waals surface area contributed by atoms with Crippen molar-refractivity contribution in [2.24, 2.45) is 0 Å². The van der Waals surface area contributed by atoms with E-state index in [9.17, 15) is 14.7 Å². The molecule has 8 nitrogen and oxygen atoms in total. The van der Waals surface area contributed by atoms with E-state index in [1.165, 1.54) is 5.56 Å². The number of nitrogens with zero attached hydrogens (tertiary/aromatic N) is 2. The largest absolute Gasteiger partial charge is 0.494 e. The second-order valence-electron chi connectivity index (χ2n) is 9.53.